The van der Waals surface area contributed by atoms with Crippen molar-refractivity contribution < 1.29 is 30.9 Å². The number of nitrogens with one attached hydrogen (secondary N) is 3. The summed E-state index contributed by atoms with van der Waals surface area (Å²) in [5, 5.41) is 8.23. The summed E-state index contributed by atoms with van der Waals surface area (Å²) < 4.78 is 69.9. The van der Waals surface area contributed by atoms with Gasteiger partial charge in [0.15, 0.2) is 5.82 Å². The Hall–Kier alpha value is -3.54. The number of carbonyl (C=O) groups is 1. The van der Waals surface area contributed by atoms with E-state index in [0.717, 1.165) is 12.1 Å². The minimum atomic E-state index is -4.53. The highest BCUT2D eigenvalue weighted by Gasteiger charge is 2.30. The van der Waals surface area contributed by atoms with Gasteiger partial charge in [0.05, 0.1) is 10.5 Å². The molecule has 2 aromatic carbocycles. The first kappa shape index (κ1) is 21.2. The van der Waals surface area contributed by atoms with Gasteiger partial charge in [0, 0.05) is 17.4 Å². The van der Waals surface area contributed by atoms with E-state index in [0.29, 0.717) is 5.76 Å². The fourth-order valence-corrected chi connectivity index (χ4v) is 3.38. The number of benzene rings is 2. The number of urea groups is 1. The van der Waals surface area contributed by atoms with Crippen LogP contribution < -0.4 is 15.4 Å². The number of halogens is 3. The van der Waals surface area contributed by atoms with E-state index < -0.39 is 27.8 Å². The number of anilines is 3. The molecular weight excluding hydrogens is 425 g/mol. The lowest BCUT2D eigenvalue weighted by Crippen LogP contribution is -2.20. The van der Waals surface area contributed by atoms with Crippen LogP contribution in [-0.4, -0.2) is 19.6 Å². The van der Waals surface area contributed by atoms with E-state index in [1.807, 2.05) is 0 Å². The van der Waals surface area contributed by atoms with Crippen molar-refractivity contribution in [3.8, 4) is 0 Å². The maximum Gasteiger partial charge on any atom is 0.416 e. The molecule has 0 saturated heterocycles. The molecular formula is C18H15F3N4O4S. The zero-order valence-electron chi connectivity index (χ0n) is 15.3. The minimum Gasteiger partial charge on any atom is -0.360 e. The van der Waals surface area contributed by atoms with Crippen molar-refractivity contribution in [2.75, 3.05) is 15.4 Å². The molecule has 0 fully saturated rings. The number of carbonyl (C=O) groups excluding carboxylic acids is 1. The molecule has 0 aliphatic rings. The average Bonchev–Trinajstić information content (AvgIpc) is 3.05. The van der Waals surface area contributed by atoms with Crippen molar-refractivity contribution in [1.82, 2.24) is 5.16 Å². The van der Waals surface area contributed by atoms with E-state index in [1.165, 1.54) is 42.5 Å². The number of aryl methyl sites for hydroxylation is 1. The Labute approximate surface area is 169 Å². The van der Waals surface area contributed by atoms with Crippen molar-refractivity contribution in [1.29, 1.82) is 0 Å². The highest BCUT2D eigenvalue weighted by molar-refractivity contribution is 7.92. The number of alkyl halides is 3. The predicted molar refractivity (Wildman–Crippen MR) is 103 cm³/mol. The number of nitrogens with zero attached hydrogens (tertiary/aromatic N) is 1. The van der Waals surface area contributed by atoms with Crippen LogP contribution in [0, 0.1) is 6.92 Å². The number of rotatable bonds is 5. The third-order valence-electron chi connectivity index (χ3n) is 3.74. The molecule has 1 aromatic heterocycles. The van der Waals surface area contributed by atoms with Gasteiger partial charge in [-0.1, -0.05) is 11.2 Å². The number of aromatic nitrogens is 1. The molecule has 0 saturated carbocycles. The molecule has 0 aliphatic heterocycles. The molecule has 8 nitrogen and oxygen atoms in total. The summed E-state index contributed by atoms with van der Waals surface area (Å²) in [5.74, 6) is 0.453. The van der Waals surface area contributed by atoms with Gasteiger partial charge in [-0.3, -0.25) is 4.72 Å². The van der Waals surface area contributed by atoms with Gasteiger partial charge in [-0.15, -0.1) is 0 Å². The van der Waals surface area contributed by atoms with Crippen LogP contribution in [0.5, 0.6) is 0 Å². The molecule has 0 aliphatic carbocycles. The fourth-order valence-electron chi connectivity index (χ4n) is 2.40. The third kappa shape index (κ3) is 5.29. The maximum atomic E-state index is 12.7. The molecule has 3 rings (SSSR count). The van der Waals surface area contributed by atoms with E-state index in [-0.39, 0.29) is 22.1 Å². The summed E-state index contributed by atoms with van der Waals surface area (Å²) in [6, 6.07) is 9.92. The first-order chi connectivity index (χ1) is 14.0. The number of sulfonamides is 1. The maximum absolute atomic E-state index is 12.7. The predicted octanol–water partition coefficient (Wildman–Crippen LogP) is 4.45. The summed E-state index contributed by atoms with van der Waals surface area (Å²) in [6.45, 7) is 1.61. The quantitative estimate of drug-likeness (QED) is 0.543. The monoisotopic (exact) mass is 440 g/mol. The molecule has 0 spiro atoms. The smallest absolute Gasteiger partial charge is 0.360 e. The lowest BCUT2D eigenvalue weighted by atomic mass is 10.2. The number of amides is 2. The van der Waals surface area contributed by atoms with E-state index in [2.05, 4.69) is 20.5 Å². The van der Waals surface area contributed by atoms with E-state index >= 15 is 0 Å². The van der Waals surface area contributed by atoms with Gasteiger partial charge in [0.1, 0.15) is 5.76 Å². The second-order valence-corrected chi connectivity index (χ2v) is 7.79. The average molecular weight is 440 g/mol. The van der Waals surface area contributed by atoms with Gasteiger partial charge in [-0.25, -0.2) is 13.2 Å². The first-order valence-electron chi connectivity index (χ1n) is 8.34. The first-order valence-corrected chi connectivity index (χ1v) is 9.83. The Morgan fingerprint density at radius 3 is 2.27 bits per heavy atom. The van der Waals surface area contributed by atoms with E-state index in [1.54, 1.807) is 6.92 Å². The Bertz CT molecular complexity index is 1160. The van der Waals surface area contributed by atoms with Crippen LogP contribution in [0.1, 0.15) is 11.3 Å². The Morgan fingerprint density at radius 2 is 1.67 bits per heavy atom. The Kier molecular flexibility index (Phi) is 5.69. The van der Waals surface area contributed by atoms with Gasteiger partial charge in [-0.05, 0) is 49.4 Å². The van der Waals surface area contributed by atoms with Crippen LogP contribution in [0.2, 0.25) is 0 Å². The summed E-state index contributed by atoms with van der Waals surface area (Å²) in [4.78, 5) is 11.9. The Morgan fingerprint density at radius 1 is 1.00 bits per heavy atom. The van der Waals surface area contributed by atoms with Gasteiger partial charge in [-0.2, -0.15) is 13.2 Å². The van der Waals surface area contributed by atoms with Crippen LogP contribution in [0.25, 0.3) is 0 Å². The molecule has 0 atom stereocenters. The SMILES string of the molecule is Cc1cc(NS(=O)(=O)c2ccc(NC(=O)Nc3cccc(C(F)(F)F)c3)cc2)no1. The molecule has 0 bridgehead atoms. The Balaban J connectivity index is 1.65. The molecule has 3 N–H and O–H groups in total. The van der Waals surface area contributed by atoms with Gasteiger partial charge >= 0.3 is 12.2 Å². The molecule has 1 heterocycles. The summed E-state index contributed by atoms with van der Waals surface area (Å²) in [5.41, 5.74) is -0.714. The highest BCUT2D eigenvalue weighted by atomic mass is 32.2. The summed E-state index contributed by atoms with van der Waals surface area (Å²) in [6.07, 6.45) is -4.53. The second kappa shape index (κ2) is 8.06. The minimum absolute atomic E-state index is 0.0233. The summed E-state index contributed by atoms with van der Waals surface area (Å²) >= 11 is 0. The van der Waals surface area contributed by atoms with Crippen LogP contribution >= 0.6 is 0 Å². The zero-order valence-corrected chi connectivity index (χ0v) is 16.1. The molecule has 3 aromatic rings. The van der Waals surface area contributed by atoms with Crippen LogP contribution in [0.15, 0.2) is 64.0 Å². The largest absolute Gasteiger partial charge is 0.416 e. The number of hydrogen-bond acceptors (Lipinski definition) is 5. The molecule has 2 amide bonds. The lowest BCUT2D eigenvalue weighted by molar-refractivity contribution is -0.137. The topological polar surface area (TPSA) is 113 Å². The molecule has 158 valence electrons. The highest BCUT2D eigenvalue weighted by Crippen LogP contribution is 2.30. The van der Waals surface area contributed by atoms with Crippen molar-refractivity contribution in [2.24, 2.45) is 0 Å². The molecule has 0 radical (unpaired) electrons. The van der Waals surface area contributed by atoms with E-state index in [9.17, 15) is 26.4 Å². The van der Waals surface area contributed by atoms with Gasteiger partial charge in [0.25, 0.3) is 10.0 Å². The normalized spacial score (nSPS) is 11.7. The fraction of sp³-hybridized carbons (Fsp3) is 0.111. The molecule has 12 heteroatoms. The van der Waals surface area contributed by atoms with E-state index in [4.69, 9.17) is 4.52 Å². The summed E-state index contributed by atoms with van der Waals surface area (Å²) in [7, 11) is -3.92. The second-order valence-electron chi connectivity index (χ2n) is 6.11. The van der Waals surface area contributed by atoms with Crippen LogP contribution in [0.3, 0.4) is 0 Å². The van der Waals surface area contributed by atoms with Crippen LogP contribution in [0.4, 0.5) is 35.2 Å². The van der Waals surface area contributed by atoms with Gasteiger partial charge in [0.2, 0.25) is 0 Å². The van der Waals surface area contributed by atoms with Crippen molar-refractivity contribution in [3.05, 3.63) is 65.9 Å². The standard InChI is InChI=1S/C18H15F3N4O4S/c1-11-9-16(24-29-11)25-30(27,28)15-7-5-13(6-8-15)22-17(26)23-14-4-2-3-12(10-14)18(19,20)21/h2-10H,1H3,(H,24,25)(H2,22,23,26). The van der Waals surface area contributed by atoms with Crippen LogP contribution in [-0.2, 0) is 16.2 Å². The zero-order chi connectivity index (χ0) is 21.9. The lowest BCUT2D eigenvalue weighted by Gasteiger charge is -2.11. The van der Waals surface area contributed by atoms with Crippen molar-refractivity contribution >= 4 is 33.2 Å². The third-order valence-corrected chi connectivity index (χ3v) is 5.11. The van der Waals surface area contributed by atoms with Crippen molar-refractivity contribution in [2.45, 2.75) is 18.0 Å². The molecule has 0 unspecified atom stereocenters. The molecule has 30 heavy (non-hydrogen) atoms. The number of hydrogen-bond donors (Lipinski definition) is 3. The van der Waals surface area contributed by atoms with Crippen molar-refractivity contribution in [3.63, 3.8) is 0 Å². The van der Waals surface area contributed by atoms with Gasteiger partial charge < -0.3 is 15.2 Å².